The number of benzene rings is 1. The molecular weight excluding hydrogens is 252 g/mol. The number of esters is 1. The van der Waals surface area contributed by atoms with Crippen LogP contribution in [-0.2, 0) is 20.9 Å². The van der Waals surface area contributed by atoms with Crippen LogP contribution in [-0.4, -0.2) is 11.2 Å². The summed E-state index contributed by atoms with van der Waals surface area (Å²) < 4.78 is 5.15. The number of halogens is 1. The molecule has 0 bridgehead atoms. The van der Waals surface area contributed by atoms with Gasteiger partial charge in [0.15, 0.2) is 0 Å². The third-order valence-corrected chi connectivity index (χ3v) is 2.62. The van der Waals surface area contributed by atoms with Crippen LogP contribution in [0.1, 0.15) is 32.3 Å². The van der Waals surface area contributed by atoms with Crippen LogP contribution < -0.4 is 0 Å². The van der Waals surface area contributed by atoms with Crippen LogP contribution in [0, 0.1) is 5.41 Å². The number of carbonyl (C=O) groups excluding carboxylic acids is 2. The lowest BCUT2D eigenvalue weighted by molar-refractivity contribution is -0.147. The number of hydrogen-bond donors (Lipinski definition) is 0. The summed E-state index contributed by atoms with van der Waals surface area (Å²) in [5, 5.41) is -0.434. The van der Waals surface area contributed by atoms with Gasteiger partial charge in [-0.25, -0.2) is 0 Å². The third kappa shape index (κ3) is 5.82. The first-order valence-corrected chi connectivity index (χ1v) is 6.15. The van der Waals surface area contributed by atoms with Crippen molar-refractivity contribution >= 4 is 22.8 Å². The Hall–Kier alpha value is -1.35. The quantitative estimate of drug-likeness (QED) is 0.587. The van der Waals surface area contributed by atoms with Crippen LogP contribution in [0.25, 0.3) is 0 Å². The molecule has 0 spiro atoms. The third-order valence-electron chi connectivity index (χ3n) is 2.48. The van der Waals surface area contributed by atoms with E-state index in [0.29, 0.717) is 0 Å². The van der Waals surface area contributed by atoms with Gasteiger partial charge in [0.1, 0.15) is 6.61 Å². The lowest BCUT2D eigenvalue weighted by Gasteiger charge is -2.21. The molecule has 0 unspecified atom stereocenters. The van der Waals surface area contributed by atoms with Crippen molar-refractivity contribution in [2.75, 3.05) is 0 Å². The Morgan fingerprint density at radius 1 is 1.17 bits per heavy atom. The fourth-order valence-electron chi connectivity index (χ4n) is 1.62. The molecule has 0 N–H and O–H groups in total. The zero-order valence-corrected chi connectivity index (χ0v) is 11.4. The first-order chi connectivity index (χ1) is 8.39. The van der Waals surface area contributed by atoms with Gasteiger partial charge in [0.25, 0.3) is 0 Å². The molecular formula is C14H17ClO3. The minimum atomic E-state index is -0.466. The zero-order chi connectivity index (χ0) is 13.6. The van der Waals surface area contributed by atoms with E-state index in [1.165, 1.54) is 0 Å². The van der Waals surface area contributed by atoms with Crippen LogP contribution in [0.4, 0.5) is 0 Å². The van der Waals surface area contributed by atoms with Crippen LogP contribution in [0.3, 0.4) is 0 Å². The minimum Gasteiger partial charge on any atom is -0.461 e. The molecule has 0 atom stereocenters. The van der Waals surface area contributed by atoms with E-state index >= 15 is 0 Å². The second-order valence-electron chi connectivity index (χ2n) is 5.02. The van der Waals surface area contributed by atoms with Crippen molar-refractivity contribution in [3.8, 4) is 0 Å². The molecule has 0 fully saturated rings. The average Bonchev–Trinajstić information content (AvgIpc) is 2.25. The fourth-order valence-corrected chi connectivity index (χ4v) is 1.98. The van der Waals surface area contributed by atoms with E-state index in [4.69, 9.17) is 16.3 Å². The van der Waals surface area contributed by atoms with Gasteiger partial charge in [-0.3, -0.25) is 9.59 Å². The van der Waals surface area contributed by atoms with Gasteiger partial charge < -0.3 is 4.74 Å². The predicted molar refractivity (Wildman–Crippen MR) is 70.1 cm³/mol. The smallest absolute Gasteiger partial charge is 0.306 e. The van der Waals surface area contributed by atoms with Crippen molar-refractivity contribution in [1.29, 1.82) is 0 Å². The van der Waals surface area contributed by atoms with Gasteiger partial charge in [0, 0.05) is 6.42 Å². The Morgan fingerprint density at radius 3 is 2.33 bits per heavy atom. The Bertz CT molecular complexity index is 412. The van der Waals surface area contributed by atoms with Gasteiger partial charge >= 0.3 is 5.97 Å². The minimum absolute atomic E-state index is 0.162. The van der Waals surface area contributed by atoms with Crippen LogP contribution >= 0.6 is 11.6 Å². The molecule has 18 heavy (non-hydrogen) atoms. The van der Waals surface area contributed by atoms with E-state index in [1.807, 2.05) is 44.2 Å². The molecule has 0 aliphatic heterocycles. The van der Waals surface area contributed by atoms with E-state index in [2.05, 4.69) is 0 Å². The van der Waals surface area contributed by atoms with E-state index in [0.717, 1.165) is 5.56 Å². The fraction of sp³-hybridized carbons (Fsp3) is 0.429. The van der Waals surface area contributed by atoms with Crippen molar-refractivity contribution in [3.05, 3.63) is 35.9 Å². The molecule has 3 nitrogen and oxygen atoms in total. The van der Waals surface area contributed by atoms with Crippen LogP contribution in [0.2, 0.25) is 0 Å². The lowest BCUT2D eigenvalue weighted by Crippen LogP contribution is -2.20. The molecule has 0 amide bonds. The highest BCUT2D eigenvalue weighted by molar-refractivity contribution is 6.63. The molecule has 0 saturated heterocycles. The van der Waals surface area contributed by atoms with Crippen LogP contribution in [0.5, 0.6) is 0 Å². The summed E-state index contributed by atoms with van der Waals surface area (Å²) in [7, 11) is 0. The van der Waals surface area contributed by atoms with E-state index in [9.17, 15) is 9.59 Å². The van der Waals surface area contributed by atoms with Crippen molar-refractivity contribution in [2.24, 2.45) is 5.41 Å². The summed E-state index contributed by atoms with van der Waals surface area (Å²) in [5.74, 6) is -0.318. The lowest BCUT2D eigenvalue weighted by atomic mass is 9.86. The van der Waals surface area contributed by atoms with Gasteiger partial charge in [-0.1, -0.05) is 44.2 Å². The van der Waals surface area contributed by atoms with Crippen LogP contribution in [0.15, 0.2) is 30.3 Å². The van der Waals surface area contributed by atoms with Gasteiger partial charge in [-0.05, 0) is 22.6 Å². The van der Waals surface area contributed by atoms with Crippen molar-refractivity contribution in [3.63, 3.8) is 0 Å². The summed E-state index contributed by atoms with van der Waals surface area (Å²) >= 11 is 5.33. The molecule has 98 valence electrons. The van der Waals surface area contributed by atoms with Crippen molar-refractivity contribution in [1.82, 2.24) is 0 Å². The number of hydrogen-bond acceptors (Lipinski definition) is 3. The molecule has 1 aromatic carbocycles. The maximum absolute atomic E-state index is 11.6. The number of carbonyl (C=O) groups is 2. The van der Waals surface area contributed by atoms with Crippen molar-refractivity contribution < 1.29 is 14.3 Å². The van der Waals surface area contributed by atoms with Crippen molar-refractivity contribution in [2.45, 2.75) is 33.3 Å². The number of rotatable bonds is 6. The van der Waals surface area contributed by atoms with E-state index in [1.54, 1.807) is 0 Å². The predicted octanol–water partition coefficient (Wildman–Crippen LogP) is 3.30. The first kappa shape index (κ1) is 14.7. The Kier molecular flexibility index (Phi) is 5.35. The highest BCUT2D eigenvalue weighted by Crippen LogP contribution is 2.26. The first-order valence-electron chi connectivity index (χ1n) is 5.77. The second kappa shape index (κ2) is 6.55. The SMILES string of the molecule is CC(C)(CC(=O)Cl)CC(=O)OCc1ccccc1. The van der Waals surface area contributed by atoms with Gasteiger partial charge in [-0.2, -0.15) is 0 Å². The zero-order valence-electron chi connectivity index (χ0n) is 10.6. The Labute approximate surface area is 112 Å². The van der Waals surface area contributed by atoms with E-state index < -0.39 is 10.7 Å². The monoisotopic (exact) mass is 268 g/mol. The largest absolute Gasteiger partial charge is 0.461 e. The highest BCUT2D eigenvalue weighted by atomic mass is 35.5. The summed E-state index contributed by atoms with van der Waals surface area (Å²) in [6.45, 7) is 3.89. The molecule has 0 heterocycles. The Balaban J connectivity index is 2.40. The van der Waals surface area contributed by atoms with Gasteiger partial charge in [0.2, 0.25) is 5.24 Å². The average molecular weight is 269 g/mol. The summed E-state index contributed by atoms with van der Waals surface area (Å²) in [6, 6.07) is 9.46. The molecule has 0 radical (unpaired) electrons. The molecule has 0 saturated carbocycles. The molecule has 0 aromatic heterocycles. The molecule has 0 aliphatic rings. The summed E-state index contributed by atoms with van der Waals surface area (Å²) in [6.07, 6.45) is 0.341. The van der Waals surface area contributed by atoms with E-state index in [-0.39, 0.29) is 25.4 Å². The molecule has 4 heteroatoms. The standard InChI is InChI=1S/C14H17ClO3/c1-14(2,8-12(15)16)9-13(17)18-10-11-6-4-3-5-7-11/h3-7H,8-10H2,1-2H3. The highest BCUT2D eigenvalue weighted by Gasteiger charge is 2.25. The number of ether oxygens (including phenoxy) is 1. The maximum atomic E-state index is 11.6. The Morgan fingerprint density at radius 2 is 1.78 bits per heavy atom. The molecule has 1 aromatic rings. The topological polar surface area (TPSA) is 43.4 Å². The summed E-state index contributed by atoms with van der Waals surface area (Å²) in [5.41, 5.74) is 0.476. The second-order valence-corrected chi connectivity index (χ2v) is 5.44. The maximum Gasteiger partial charge on any atom is 0.306 e. The van der Waals surface area contributed by atoms with Gasteiger partial charge in [0.05, 0.1) is 6.42 Å². The normalized spacial score (nSPS) is 11.1. The summed E-state index contributed by atoms with van der Waals surface area (Å²) in [4.78, 5) is 22.5. The van der Waals surface area contributed by atoms with Gasteiger partial charge in [-0.15, -0.1) is 0 Å². The molecule has 0 aliphatic carbocycles. The molecule has 1 rings (SSSR count).